The van der Waals surface area contributed by atoms with Gasteiger partial charge in [-0.2, -0.15) is 0 Å². The number of hydrogen-bond donors (Lipinski definition) is 2. The van der Waals surface area contributed by atoms with Crippen LogP contribution in [0.15, 0.2) is 0 Å². The minimum Gasteiger partial charge on any atom is -0.389 e. The van der Waals surface area contributed by atoms with Crippen LogP contribution in [0.2, 0.25) is 0 Å². The molecular weight excluding hydrogens is 212 g/mol. The van der Waals surface area contributed by atoms with Crippen molar-refractivity contribution in [3.8, 4) is 0 Å². The van der Waals surface area contributed by atoms with E-state index >= 15 is 0 Å². The minimum absolute atomic E-state index is 0.304. The zero-order valence-corrected chi connectivity index (χ0v) is 12.0. The third-order valence-electron chi connectivity index (χ3n) is 3.97. The summed E-state index contributed by atoms with van der Waals surface area (Å²) in [6, 6.07) is 0.629. The molecule has 0 radical (unpaired) electrons. The summed E-state index contributed by atoms with van der Waals surface area (Å²) in [5.41, 5.74) is -0.576. The SMILES string of the molecule is CCCN(CC1CCCN1)CC(C)(O)C(C)C. The van der Waals surface area contributed by atoms with Crippen molar-refractivity contribution in [3.05, 3.63) is 0 Å². The predicted octanol–water partition coefficient (Wildman–Crippen LogP) is 1.86. The number of aliphatic hydroxyl groups is 1. The lowest BCUT2D eigenvalue weighted by molar-refractivity contribution is -0.0202. The molecule has 1 saturated heterocycles. The second kappa shape index (κ2) is 6.72. The molecule has 1 aliphatic rings. The molecule has 0 bridgehead atoms. The van der Waals surface area contributed by atoms with E-state index in [4.69, 9.17) is 0 Å². The molecular formula is C14H30N2O. The number of hydrogen-bond acceptors (Lipinski definition) is 3. The summed E-state index contributed by atoms with van der Waals surface area (Å²) in [5.74, 6) is 0.304. The first-order valence-electron chi connectivity index (χ1n) is 7.14. The summed E-state index contributed by atoms with van der Waals surface area (Å²) in [5, 5.41) is 13.9. The number of nitrogens with zero attached hydrogens (tertiary/aromatic N) is 1. The van der Waals surface area contributed by atoms with Crippen LogP contribution in [0.1, 0.15) is 47.0 Å². The molecule has 1 fully saturated rings. The molecule has 3 heteroatoms. The first-order valence-corrected chi connectivity index (χ1v) is 7.14. The average molecular weight is 242 g/mol. The average Bonchev–Trinajstić information content (AvgIpc) is 2.69. The third kappa shape index (κ3) is 4.94. The van der Waals surface area contributed by atoms with Crippen LogP contribution < -0.4 is 5.32 Å². The van der Waals surface area contributed by atoms with Crippen molar-refractivity contribution >= 4 is 0 Å². The highest BCUT2D eigenvalue weighted by Gasteiger charge is 2.28. The third-order valence-corrected chi connectivity index (χ3v) is 3.97. The van der Waals surface area contributed by atoms with Gasteiger partial charge >= 0.3 is 0 Å². The van der Waals surface area contributed by atoms with E-state index in [0.717, 1.165) is 32.6 Å². The molecule has 3 nitrogen and oxygen atoms in total. The van der Waals surface area contributed by atoms with Gasteiger partial charge in [-0.15, -0.1) is 0 Å². The Hall–Kier alpha value is -0.120. The lowest BCUT2D eigenvalue weighted by atomic mass is 9.91. The van der Waals surface area contributed by atoms with Gasteiger partial charge in [0.2, 0.25) is 0 Å². The van der Waals surface area contributed by atoms with E-state index in [1.807, 2.05) is 6.92 Å². The fourth-order valence-electron chi connectivity index (χ4n) is 2.41. The van der Waals surface area contributed by atoms with Crippen molar-refractivity contribution in [1.82, 2.24) is 10.2 Å². The molecule has 1 aliphatic heterocycles. The topological polar surface area (TPSA) is 35.5 Å². The van der Waals surface area contributed by atoms with E-state index in [2.05, 4.69) is 31.0 Å². The largest absolute Gasteiger partial charge is 0.389 e. The van der Waals surface area contributed by atoms with E-state index in [1.54, 1.807) is 0 Å². The van der Waals surface area contributed by atoms with Gasteiger partial charge < -0.3 is 10.4 Å². The van der Waals surface area contributed by atoms with Crippen LogP contribution in [0.3, 0.4) is 0 Å². The molecule has 2 unspecified atom stereocenters. The zero-order valence-electron chi connectivity index (χ0n) is 12.0. The minimum atomic E-state index is -0.576. The van der Waals surface area contributed by atoms with E-state index in [9.17, 15) is 5.11 Å². The van der Waals surface area contributed by atoms with Crippen LogP contribution in [0.5, 0.6) is 0 Å². The summed E-state index contributed by atoms with van der Waals surface area (Å²) in [6.07, 6.45) is 3.73. The molecule has 0 spiro atoms. The van der Waals surface area contributed by atoms with Gasteiger partial charge in [-0.05, 0) is 45.2 Å². The number of nitrogens with one attached hydrogen (secondary N) is 1. The molecule has 1 rings (SSSR count). The van der Waals surface area contributed by atoms with Crippen LogP contribution in [-0.4, -0.2) is 47.8 Å². The van der Waals surface area contributed by atoms with Crippen LogP contribution >= 0.6 is 0 Å². The van der Waals surface area contributed by atoms with Crippen molar-refractivity contribution in [2.24, 2.45) is 5.92 Å². The molecule has 17 heavy (non-hydrogen) atoms. The van der Waals surface area contributed by atoms with Gasteiger partial charge in [0.05, 0.1) is 5.60 Å². The van der Waals surface area contributed by atoms with Crippen molar-refractivity contribution in [2.45, 2.75) is 58.6 Å². The first-order chi connectivity index (χ1) is 7.95. The molecule has 2 N–H and O–H groups in total. The van der Waals surface area contributed by atoms with Gasteiger partial charge in [-0.25, -0.2) is 0 Å². The Kier molecular flexibility index (Phi) is 5.90. The fourth-order valence-corrected chi connectivity index (χ4v) is 2.41. The fraction of sp³-hybridized carbons (Fsp3) is 1.00. The van der Waals surface area contributed by atoms with Gasteiger partial charge in [0.1, 0.15) is 0 Å². The maximum atomic E-state index is 10.4. The highest BCUT2D eigenvalue weighted by Crippen LogP contribution is 2.18. The summed E-state index contributed by atoms with van der Waals surface area (Å²) in [6.45, 7) is 12.5. The van der Waals surface area contributed by atoms with Crippen molar-refractivity contribution in [2.75, 3.05) is 26.2 Å². The van der Waals surface area contributed by atoms with E-state index < -0.39 is 5.60 Å². The van der Waals surface area contributed by atoms with Crippen molar-refractivity contribution < 1.29 is 5.11 Å². The molecule has 102 valence electrons. The van der Waals surface area contributed by atoms with E-state index in [1.165, 1.54) is 12.8 Å². The Morgan fingerprint density at radius 2 is 2.18 bits per heavy atom. The Labute approximate surface area is 107 Å². The summed E-state index contributed by atoms with van der Waals surface area (Å²) < 4.78 is 0. The highest BCUT2D eigenvalue weighted by atomic mass is 16.3. The van der Waals surface area contributed by atoms with Crippen LogP contribution in [0.25, 0.3) is 0 Å². The number of rotatable bonds is 7. The van der Waals surface area contributed by atoms with Gasteiger partial charge in [-0.1, -0.05) is 20.8 Å². The molecule has 0 aromatic heterocycles. The summed E-state index contributed by atoms with van der Waals surface area (Å²) >= 11 is 0. The first kappa shape index (κ1) is 14.9. The predicted molar refractivity (Wildman–Crippen MR) is 73.2 cm³/mol. The lowest BCUT2D eigenvalue weighted by Gasteiger charge is -2.35. The quantitative estimate of drug-likeness (QED) is 0.715. The second-order valence-corrected chi connectivity index (χ2v) is 6.04. The maximum Gasteiger partial charge on any atom is 0.0768 e. The Bertz CT molecular complexity index is 210. The molecule has 0 aromatic carbocycles. The molecule has 0 amide bonds. The Balaban J connectivity index is 2.46. The maximum absolute atomic E-state index is 10.4. The van der Waals surface area contributed by atoms with Crippen molar-refractivity contribution in [3.63, 3.8) is 0 Å². The van der Waals surface area contributed by atoms with E-state index in [-0.39, 0.29) is 0 Å². The van der Waals surface area contributed by atoms with Crippen LogP contribution in [-0.2, 0) is 0 Å². The van der Waals surface area contributed by atoms with Gasteiger partial charge in [0.25, 0.3) is 0 Å². The Morgan fingerprint density at radius 1 is 1.47 bits per heavy atom. The smallest absolute Gasteiger partial charge is 0.0768 e. The van der Waals surface area contributed by atoms with Crippen LogP contribution in [0, 0.1) is 5.92 Å². The van der Waals surface area contributed by atoms with Gasteiger partial charge in [0.15, 0.2) is 0 Å². The molecule has 0 saturated carbocycles. The van der Waals surface area contributed by atoms with E-state index in [0.29, 0.717) is 12.0 Å². The van der Waals surface area contributed by atoms with Crippen molar-refractivity contribution in [1.29, 1.82) is 0 Å². The second-order valence-electron chi connectivity index (χ2n) is 6.04. The van der Waals surface area contributed by atoms with Gasteiger partial charge in [-0.3, -0.25) is 4.90 Å². The monoisotopic (exact) mass is 242 g/mol. The highest BCUT2D eigenvalue weighted by molar-refractivity contribution is 4.84. The molecule has 1 heterocycles. The molecule has 0 aromatic rings. The summed E-state index contributed by atoms with van der Waals surface area (Å²) in [4.78, 5) is 2.42. The standard InChI is InChI=1S/C14H30N2O/c1-5-9-16(10-13-7-6-8-15-13)11-14(4,17)12(2)3/h12-13,15,17H,5-11H2,1-4H3. The van der Waals surface area contributed by atoms with Gasteiger partial charge in [0, 0.05) is 19.1 Å². The lowest BCUT2D eigenvalue weighted by Crippen LogP contribution is -2.48. The summed E-state index contributed by atoms with van der Waals surface area (Å²) in [7, 11) is 0. The Morgan fingerprint density at radius 3 is 2.65 bits per heavy atom. The normalized spacial score (nSPS) is 24.5. The zero-order chi connectivity index (χ0) is 12.9. The van der Waals surface area contributed by atoms with Crippen LogP contribution in [0.4, 0.5) is 0 Å². The molecule has 2 atom stereocenters. The molecule has 0 aliphatic carbocycles.